The highest BCUT2D eigenvalue weighted by atomic mass is 19.1. The lowest BCUT2D eigenvalue weighted by Gasteiger charge is -2.14. The van der Waals surface area contributed by atoms with Crippen molar-refractivity contribution in [3.63, 3.8) is 0 Å². The normalized spacial score (nSPS) is 10.6. The van der Waals surface area contributed by atoms with E-state index in [1.165, 1.54) is 22.9 Å². The molecule has 1 N–H and O–H groups in total. The van der Waals surface area contributed by atoms with E-state index in [-0.39, 0.29) is 11.6 Å². The second-order valence-corrected chi connectivity index (χ2v) is 5.70. The summed E-state index contributed by atoms with van der Waals surface area (Å²) in [6, 6.07) is 11.5. The number of amides is 1. The number of rotatable bonds is 4. The molecule has 1 aromatic heterocycles. The van der Waals surface area contributed by atoms with Gasteiger partial charge in [0.2, 0.25) is 0 Å². The number of anilines is 2. The summed E-state index contributed by atoms with van der Waals surface area (Å²) in [4.78, 5) is 14.4. The minimum atomic E-state index is -0.483. The van der Waals surface area contributed by atoms with Gasteiger partial charge in [0, 0.05) is 31.0 Å². The fourth-order valence-electron chi connectivity index (χ4n) is 2.34. The van der Waals surface area contributed by atoms with Gasteiger partial charge in [-0.05, 0) is 53.7 Å². The van der Waals surface area contributed by atoms with Crippen LogP contribution in [0.15, 0.2) is 42.5 Å². The number of aryl methyl sites for hydroxylation is 1. The molecule has 0 aliphatic carbocycles. The van der Waals surface area contributed by atoms with Crippen molar-refractivity contribution in [2.75, 3.05) is 24.3 Å². The van der Waals surface area contributed by atoms with Crippen molar-refractivity contribution in [3.05, 3.63) is 59.7 Å². The van der Waals surface area contributed by atoms with Crippen LogP contribution in [0, 0.1) is 12.7 Å². The van der Waals surface area contributed by atoms with Crippen molar-refractivity contribution in [2.45, 2.75) is 6.92 Å². The third-order valence-electron chi connectivity index (χ3n) is 3.68. The Labute approximate surface area is 144 Å². The van der Waals surface area contributed by atoms with Crippen molar-refractivity contribution in [3.8, 4) is 5.69 Å². The average Bonchev–Trinajstić information content (AvgIpc) is 3.02. The first-order valence-corrected chi connectivity index (χ1v) is 7.59. The largest absolute Gasteiger partial charge is 0.378 e. The Hall–Kier alpha value is -3.29. The maximum Gasteiger partial charge on any atom is 0.255 e. The first-order chi connectivity index (χ1) is 12.0. The predicted molar refractivity (Wildman–Crippen MR) is 92.6 cm³/mol. The summed E-state index contributed by atoms with van der Waals surface area (Å²) >= 11 is 0. The number of hydrogen-bond acceptors (Lipinski definition) is 5. The van der Waals surface area contributed by atoms with Gasteiger partial charge in [-0.3, -0.25) is 4.79 Å². The van der Waals surface area contributed by atoms with Crippen molar-refractivity contribution in [1.82, 2.24) is 20.2 Å². The highest BCUT2D eigenvalue weighted by Gasteiger charge is 2.13. The van der Waals surface area contributed by atoms with Gasteiger partial charge in [0.25, 0.3) is 5.91 Å². The van der Waals surface area contributed by atoms with Crippen LogP contribution in [0.4, 0.5) is 15.8 Å². The van der Waals surface area contributed by atoms with Crippen LogP contribution in [0.5, 0.6) is 0 Å². The third-order valence-corrected chi connectivity index (χ3v) is 3.68. The standard InChI is InChI=1S/C17H17FN6O/c1-11-20-21-22-24(11)16-10-13(7-8-15(16)18)19-17(25)12-5-4-6-14(9-12)23(2)3/h4-10H,1-3H3,(H,19,25). The molecule has 3 aromatic rings. The molecule has 7 nitrogen and oxygen atoms in total. The zero-order valence-corrected chi connectivity index (χ0v) is 14.1. The van der Waals surface area contributed by atoms with Crippen molar-refractivity contribution >= 4 is 17.3 Å². The topological polar surface area (TPSA) is 75.9 Å². The minimum absolute atomic E-state index is 0.169. The summed E-state index contributed by atoms with van der Waals surface area (Å²) in [7, 11) is 3.80. The van der Waals surface area contributed by atoms with E-state index >= 15 is 0 Å². The van der Waals surface area contributed by atoms with Gasteiger partial charge in [0.1, 0.15) is 11.5 Å². The smallest absolute Gasteiger partial charge is 0.255 e. The Kier molecular flexibility index (Phi) is 4.42. The molecule has 0 radical (unpaired) electrons. The van der Waals surface area contributed by atoms with Crippen molar-refractivity contribution in [1.29, 1.82) is 0 Å². The zero-order valence-electron chi connectivity index (χ0n) is 14.1. The minimum Gasteiger partial charge on any atom is -0.378 e. The van der Waals surface area contributed by atoms with Crippen LogP contribution >= 0.6 is 0 Å². The molecule has 0 fully saturated rings. The number of nitrogens with zero attached hydrogens (tertiary/aromatic N) is 5. The van der Waals surface area contributed by atoms with E-state index in [9.17, 15) is 9.18 Å². The van der Waals surface area contributed by atoms with E-state index in [0.717, 1.165) is 5.69 Å². The lowest BCUT2D eigenvalue weighted by molar-refractivity contribution is 0.102. The van der Waals surface area contributed by atoms with Gasteiger partial charge in [0.15, 0.2) is 5.82 Å². The average molecular weight is 340 g/mol. The number of nitrogens with one attached hydrogen (secondary N) is 1. The molecule has 0 atom stereocenters. The number of carbonyl (C=O) groups excluding carboxylic acids is 1. The molecule has 0 spiro atoms. The summed E-state index contributed by atoms with van der Waals surface area (Å²) in [5, 5.41) is 13.8. The molecule has 2 aromatic carbocycles. The highest BCUT2D eigenvalue weighted by molar-refractivity contribution is 6.04. The Balaban J connectivity index is 1.87. The van der Waals surface area contributed by atoms with Gasteiger partial charge in [-0.15, -0.1) is 5.10 Å². The third kappa shape index (κ3) is 3.47. The molecule has 128 valence electrons. The second-order valence-electron chi connectivity index (χ2n) is 5.70. The predicted octanol–water partition coefficient (Wildman–Crippen LogP) is 2.43. The first kappa shape index (κ1) is 16.6. The van der Waals surface area contributed by atoms with E-state index < -0.39 is 5.82 Å². The van der Waals surface area contributed by atoms with Crippen LogP contribution in [0.3, 0.4) is 0 Å². The molecule has 0 saturated heterocycles. The number of hydrogen-bond donors (Lipinski definition) is 1. The van der Waals surface area contributed by atoms with E-state index in [1.54, 1.807) is 19.1 Å². The number of halogens is 1. The van der Waals surface area contributed by atoms with Gasteiger partial charge in [-0.25, -0.2) is 4.39 Å². The van der Waals surface area contributed by atoms with Crippen molar-refractivity contribution in [2.24, 2.45) is 0 Å². The molecule has 1 heterocycles. The fourth-order valence-corrected chi connectivity index (χ4v) is 2.34. The SMILES string of the molecule is Cc1nnnn1-c1cc(NC(=O)c2cccc(N(C)C)c2)ccc1F. The first-order valence-electron chi connectivity index (χ1n) is 7.59. The summed E-state index contributed by atoms with van der Waals surface area (Å²) in [5.74, 6) is -0.321. The molecular weight excluding hydrogens is 323 g/mol. The molecule has 3 rings (SSSR count). The summed E-state index contributed by atoms with van der Waals surface area (Å²) < 4.78 is 15.4. The van der Waals surface area contributed by atoms with Crippen LogP contribution in [0.25, 0.3) is 5.69 Å². The second kappa shape index (κ2) is 6.68. The zero-order chi connectivity index (χ0) is 18.0. The van der Waals surface area contributed by atoms with E-state index in [4.69, 9.17) is 0 Å². The lowest BCUT2D eigenvalue weighted by Crippen LogP contribution is -2.14. The Morgan fingerprint density at radius 1 is 1.20 bits per heavy atom. The lowest BCUT2D eigenvalue weighted by atomic mass is 10.1. The van der Waals surface area contributed by atoms with Crippen LogP contribution in [0.1, 0.15) is 16.2 Å². The van der Waals surface area contributed by atoms with E-state index in [2.05, 4.69) is 20.8 Å². The molecule has 8 heteroatoms. The van der Waals surface area contributed by atoms with Crippen LogP contribution in [-0.4, -0.2) is 40.2 Å². The van der Waals surface area contributed by atoms with Gasteiger partial charge in [0.05, 0.1) is 0 Å². The Bertz CT molecular complexity index is 921. The molecule has 0 saturated carbocycles. The molecule has 0 aliphatic heterocycles. The van der Waals surface area contributed by atoms with E-state index in [1.807, 2.05) is 31.1 Å². The molecule has 0 unspecified atom stereocenters. The number of tetrazole rings is 1. The molecule has 0 aliphatic rings. The number of carbonyl (C=O) groups is 1. The fraction of sp³-hybridized carbons (Fsp3) is 0.176. The monoisotopic (exact) mass is 340 g/mol. The molecule has 25 heavy (non-hydrogen) atoms. The molecule has 0 bridgehead atoms. The molecular formula is C17H17FN6O. The summed E-state index contributed by atoms with van der Waals surface area (Å²) in [5.41, 5.74) is 2.04. The quantitative estimate of drug-likeness (QED) is 0.789. The van der Waals surface area contributed by atoms with Gasteiger partial charge < -0.3 is 10.2 Å². The van der Waals surface area contributed by atoms with Gasteiger partial charge in [-0.2, -0.15) is 4.68 Å². The van der Waals surface area contributed by atoms with E-state index in [0.29, 0.717) is 17.1 Å². The van der Waals surface area contributed by atoms with Crippen LogP contribution < -0.4 is 10.2 Å². The number of aromatic nitrogens is 4. The maximum absolute atomic E-state index is 14.1. The van der Waals surface area contributed by atoms with Crippen LogP contribution in [-0.2, 0) is 0 Å². The van der Waals surface area contributed by atoms with Gasteiger partial charge in [-0.1, -0.05) is 6.07 Å². The Morgan fingerprint density at radius 2 is 2.00 bits per heavy atom. The maximum atomic E-state index is 14.1. The van der Waals surface area contributed by atoms with Crippen LogP contribution in [0.2, 0.25) is 0 Å². The Morgan fingerprint density at radius 3 is 2.68 bits per heavy atom. The molecule has 1 amide bonds. The van der Waals surface area contributed by atoms with Gasteiger partial charge >= 0.3 is 0 Å². The number of benzene rings is 2. The highest BCUT2D eigenvalue weighted by Crippen LogP contribution is 2.20. The summed E-state index contributed by atoms with van der Waals surface area (Å²) in [6.45, 7) is 1.66. The van der Waals surface area contributed by atoms with Crippen molar-refractivity contribution < 1.29 is 9.18 Å². The summed E-state index contributed by atoms with van der Waals surface area (Å²) in [6.07, 6.45) is 0.